The van der Waals surface area contributed by atoms with Gasteiger partial charge in [-0.2, -0.15) is 0 Å². The number of alkyl carbamates (subject to hydrolysis) is 1. The van der Waals surface area contributed by atoms with Crippen molar-refractivity contribution in [3.8, 4) is 5.75 Å². The molecule has 8 heteroatoms. The third-order valence-electron chi connectivity index (χ3n) is 4.62. The third-order valence-corrected chi connectivity index (χ3v) is 4.62. The molecule has 1 amide bonds. The van der Waals surface area contributed by atoms with Crippen LogP contribution >= 0.6 is 0 Å². The number of carbonyl (C=O) groups excluding carboxylic acids is 2. The highest BCUT2D eigenvalue weighted by Crippen LogP contribution is 2.36. The van der Waals surface area contributed by atoms with E-state index in [-0.39, 0.29) is 5.75 Å². The van der Waals surface area contributed by atoms with Crippen molar-refractivity contribution in [1.29, 1.82) is 0 Å². The molecule has 0 radical (unpaired) electrons. The SMILES string of the molecule is COc1cc(F)ccc1[C@H](c1ccc(F)cc1)[C@H](C)OC(=O)[C@H](C)NC(=O)OC(C)(C)C. The van der Waals surface area contributed by atoms with Crippen LogP contribution in [0.1, 0.15) is 51.7 Å². The molecule has 2 aromatic rings. The molecule has 2 rings (SSSR count). The average molecular weight is 449 g/mol. The van der Waals surface area contributed by atoms with Crippen LogP contribution in [0.4, 0.5) is 13.6 Å². The van der Waals surface area contributed by atoms with Crippen LogP contribution < -0.4 is 10.1 Å². The third kappa shape index (κ3) is 6.93. The molecule has 1 N–H and O–H groups in total. The highest BCUT2D eigenvalue weighted by atomic mass is 19.1. The summed E-state index contributed by atoms with van der Waals surface area (Å²) in [4.78, 5) is 24.6. The summed E-state index contributed by atoms with van der Waals surface area (Å²) >= 11 is 0. The van der Waals surface area contributed by atoms with Crippen LogP contribution in [0, 0.1) is 11.6 Å². The zero-order valence-electron chi connectivity index (χ0n) is 19.1. The zero-order valence-corrected chi connectivity index (χ0v) is 19.1. The minimum Gasteiger partial charge on any atom is -0.496 e. The van der Waals surface area contributed by atoms with Crippen molar-refractivity contribution in [2.24, 2.45) is 0 Å². The number of methoxy groups -OCH3 is 1. The molecule has 0 bridgehead atoms. The Hall–Kier alpha value is -3.16. The first-order valence-corrected chi connectivity index (χ1v) is 10.2. The maximum atomic E-state index is 13.7. The quantitative estimate of drug-likeness (QED) is 0.606. The summed E-state index contributed by atoms with van der Waals surface area (Å²) in [6, 6.07) is 8.78. The van der Waals surface area contributed by atoms with E-state index in [4.69, 9.17) is 14.2 Å². The van der Waals surface area contributed by atoms with Crippen molar-refractivity contribution in [1.82, 2.24) is 5.32 Å². The average Bonchev–Trinajstić information content (AvgIpc) is 2.69. The monoisotopic (exact) mass is 449 g/mol. The Labute approximate surface area is 186 Å². The summed E-state index contributed by atoms with van der Waals surface area (Å²) in [5, 5.41) is 2.44. The molecule has 0 aliphatic carbocycles. The van der Waals surface area contributed by atoms with E-state index in [1.54, 1.807) is 39.8 Å². The van der Waals surface area contributed by atoms with Crippen LogP contribution in [-0.4, -0.2) is 36.9 Å². The number of ether oxygens (including phenoxy) is 3. The predicted octanol–water partition coefficient (Wildman–Crippen LogP) is 4.95. The first-order valence-electron chi connectivity index (χ1n) is 10.2. The van der Waals surface area contributed by atoms with E-state index in [9.17, 15) is 18.4 Å². The van der Waals surface area contributed by atoms with Gasteiger partial charge in [0.25, 0.3) is 0 Å². The summed E-state index contributed by atoms with van der Waals surface area (Å²) in [5.41, 5.74) is 0.492. The van der Waals surface area contributed by atoms with Gasteiger partial charge in [-0.15, -0.1) is 0 Å². The Balaban J connectivity index is 2.27. The van der Waals surface area contributed by atoms with Gasteiger partial charge < -0.3 is 19.5 Å². The van der Waals surface area contributed by atoms with E-state index in [2.05, 4.69) is 5.32 Å². The van der Waals surface area contributed by atoms with Gasteiger partial charge in [0.2, 0.25) is 0 Å². The van der Waals surface area contributed by atoms with Crippen LogP contribution in [0.3, 0.4) is 0 Å². The summed E-state index contributed by atoms with van der Waals surface area (Å²) < 4.78 is 43.3. The topological polar surface area (TPSA) is 73.9 Å². The highest BCUT2D eigenvalue weighted by molar-refractivity contribution is 5.81. The molecular formula is C24H29F2NO5. The molecule has 174 valence electrons. The van der Waals surface area contributed by atoms with Gasteiger partial charge in [-0.1, -0.05) is 18.2 Å². The number of nitrogens with one attached hydrogen (secondary N) is 1. The van der Waals surface area contributed by atoms with Crippen molar-refractivity contribution in [2.75, 3.05) is 7.11 Å². The van der Waals surface area contributed by atoms with Crippen LogP contribution in [-0.2, 0) is 14.3 Å². The molecule has 0 fully saturated rings. The maximum Gasteiger partial charge on any atom is 0.408 e. The molecule has 0 saturated carbocycles. The van der Waals surface area contributed by atoms with Gasteiger partial charge in [0.15, 0.2) is 0 Å². The summed E-state index contributed by atoms with van der Waals surface area (Å²) in [6.45, 7) is 8.27. The molecule has 0 heterocycles. The fourth-order valence-corrected chi connectivity index (χ4v) is 3.21. The van der Waals surface area contributed by atoms with Gasteiger partial charge >= 0.3 is 12.1 Å². The summed E-state index contributed by atoms with van der Waals surface area (Å²) in [5.74, 6) is -1.90. The molecule has 6 nitrogen and oxygen atoms in total. The molecular weight excluding hydrogens is 420 g/mol. The van der Waals surface area contributed by atoms with E-state index in [1.165, 1.54) is 44.4 Å². The Bertz CT molecular complexity index is 940. The van der Waals surface area contributed by atoms with Crippen LogP contribution in [0.15, 0.2) is 42.5 Å². The van der Waals surface area contributed by atoms with Gasteiger partial charge in [0, 0.05) is 17.5 Å². The van der Waals surface area contributed by atoms with Crippen molar-refractivity contribution >= 4 is 12.1 Å². The number of esters is 1. The lowest BCUT2D eigenvalue weighted by Crippen LogP contribution is -2.43. The maximum absolute atomic E-state index is 13.7. The largest absolute Gasteiger partial charge is 0.496 e. The number of hydrogen-bond acceptors (Lipinski definition) is 5. The van der Waals surface area contributed by atoms with E-state index in [1.807, 2.05) is 0 Å². The molecule has 3 atom stereocenters. The van der Waals surface area contributed by atoms with E-state index >= 15 is 0 Å². The number of amides is 1. The van der Waals surface area contributed by atoms with Crippen molar-refractivity contribution in [3.05, 3.63) is 65.2 Å². The van der Waals surface area contributed by atoms with E-state index in [0.29, 0.717) is 11.1 Å². The minimum atomic E-state index is -0.976. The minimum absolute atomic E-state index is 0.266. The van der Waals surface area contributed by atoms with E-state index < -0.39 is 47.4 Å². The number of carbonyl (C=O) groups is 2. The Morgan fingerprint density at radius 2 is 1.56 bits per heavy atom. The summed E-state index contributed by atoms with van der Waals surface area (Å²) in [6.07, 6.45) is -1.50. The predicted molar refractivity (Wildman–Crippen MR) is 116 cm³/mol. The second-order valence-electron chi connectivity index (χ2n) is 8.43. The first-order chi connectivity index (χ1) is 14.9. The van der Waals surface area contributed by atoms with Crippen molar-refractivity contribution < 1.29 is 32.6 Å². The molecule has 32 heavy (non-hydrogen) atoms. The summed E-state index contributed by atoms with van der Waals surface area (Å²) in [7, 11) is 1.41. The molecule has 2 aromatic carbocycles. The fourth-order valence-electron chi connectivity index (χ4n) is 3.21. The van der Waals surface area contributed by atoms with Gasteiger partial charge in [-0.3, -0.25) is 0 Å². The van der Waals surface area contributed by atoms with E-state index in [0.717, 1.165) is 0 Å². The molecule has 0 saturated heterocycles. The molecule has 0 aliphatic rings. The second kappa shape index (κ2) is 10.4. The Kier molecular flexibility index (Phi) is 8.19. The Morgan fingerprint density at radius 3 is 2.12 bits per heavy atom. The molecule has 0 aliphatic heterocycles. The standard InChI is InChI=1S/C24H29F2NO5/c1-14(27-23(29)32-24(3,4)5)22(28)31-15(2)21(16-7-9-17(25)10-8-16)19-12-11-18(26)13-20(19)30-6/h7-15,21H,1-6H3,(H,27,29)/t14-,15-,21-/m0/s1. The van der Waals surface area contributed by atoms with Crippen LogP contribution in [0.5, 0.6) is 5.75 Å². The highest BCUT2D eigenvalue weighted by Gasteiger charge is 2.30. The normalized spacial score (nSPS) is 14.1. The lowest BCUT2D eigenvalue weighted by molar-refractivity contribution is -0.150. The van der Waals surface area contributed by atoms with Gasteiger partial charge in [0.1, 0.15) is 35.1 Å². The van der Waals surface area contributed by atoms with Crippen molar-refractivity contribution in [2.45, 2.75) is 58.3 Å². The number of benzene rings is 2. The van der Waals surface area contributed by atoms with Gasteiger partial charge in [0.05, 0.1) is 7.11 Å². The van der Waals surface area contributed by atoms with Crippen molar-refractivity contribution in [3.63, 3.8) is 0 Å². The lowest BCUT2D eigenvalue weighted by atomic mass is 9.86. The lowest BCUT2D eigenvalue weighted by Gasteiger charge is -2.28. The van der Waals surface area contributed by atoms with Gasteiger partial charge in [-0.25, -0.2) is 18.4 Å². The molecule has 0 spiro atoms. The Morgan fingerprint density at radius 1 is 0.969 bits per heavy atom. The molecule has 0 unspecified atom stereocenters. The second-order valence-corrected chi connectivity index (χ2v) is 8.43. The number of rotatable bonds is 7. The van der Waals surface area contributed by atoms with Gasteiger partial charge in [-0.05, 0) is 58.4 Å². The van der Waals surface area contributed by atoms with Crippen LogP contribution in [0.25, 0.3) is 0 Å². The smallest absolute Gasteiger partial charge is 0.408 e. The fraction of sp³-hybridized carbons (Fsp3) is 0.417. The number of halogens is 2. The first kappa shape index (κ1) is 25.1. The number of hydrogen-bond donors (Lipinski definition) is 1. The molecule has 0 aromatic heterocycles. The van der Waals surface area contributed by atoms with Crippen LogP contribution in [0.2, 0.25) is 0 Å². The zero-order chi connectivity index (χ0) is 24.1.